The van der Waals surface area contributed by atoms with Crippen LogP contribution in [-0.4, -0.2) is 62.5 Å². The lowest BCUT2D eigenvalue weighted by Gasteiger charge is -2.16. The zero-order chi connectivity index (χ0) is 18.1. The number of hydrogen-bond acceptors (Lipinski definition) is 6. The van der Waals surface area contributed by atoms with Crippen molar-refractivity contribution in [3.63, 3.8) is 0 Å². The predicted octanol–water partition coefficient (Wildman–Crippen LogP) is 0.778. The molecule has 0 bridgehead atoms. The maximum Gasteiger partial charge on any atom is 0.261 e. The normalized spacial score (nSPS) is 20.8. The van der Waals surface area contributed by atoms with Crippen LogP contribution in [0.4, 0.5) is 0 Å². The van der Waals surface area contributed by atoms with Gasteiger partial charge >= 0.3 is 0 Å². The molecule has 1 saturated heterocycles. The van der Waals surface area contributed by atoms with Gasteiger partial charge in [0.25, 0.3) is 5.56 Å². The van der Waals surface area contributed by atoms with E-state index in [0.29, 0.717) is 12.1 Å². The van der Waals surface area contributed by atoms with Gasteiger partial charge in [0.05, 0.1) is 18.0 Å². The molecule has 1 aliphatic heterocycles. The molecule has 0 saturated carbocycles. The van der Waals surface area contributed by atoms with Crippen LogP contribution in [0, 0.1) is 6.92 Å². The molecule has 3 aromatic heterocycles. The summed E-state index contributed by atoms with van der Waals surface area (Å²) in [5, 5.41) is 10.8. The number of aromatic nitrogens is 5. The van der Waals surface area contributed by atoms with Gasteiger partial charge < -0.3 is 4.74 Å². The molecule has 2 atom stereocenters. The average molecular weight is 354 g/mol. The Morgan fingerprint density at radius 2 is 2.23 bits per heavy atom. The van der Waals surface area contributed by atoms with Gasteiger partial charge in [-0.2, -0.15) is 15.4 Å². The number of rotatable bonds is 5. The van der Waals surface area contributed by atoms with Crippen molar-refractivity contribution in [2.24, 2.45) is 0 Å². The van der Waals surface area contributed by atoms with Crippen LogP contribution >= 0.6 is 0 Å². The molecule has 26 heavy (non-hydrogen) atoms. The van der Waals surface area contributed by atoms with E-state index in [1.807, 2.05) is 25.1 Å². The maximum absolute atomic E-state index is 12.8. The second kappa shape index (κ2) is 6.97. The fourth-order valence-corrected chi connectivity index (χ4v) is 3.74. The molecule has 1 fully saturated rings. The highest BCUT2D eigenvalue weighted by Gasteiger charge is 2.35. The fraction of sp³-hybridized carbons (Fsp3) is 0.444. The Morgan fingerprint density at radius 1 is 1.35 bits per heavy atom. The minimum absolute atomic E-state index is 0.0173. The molecule has 0 aromatic carbocycles. The highest BCUT2D eigenvalue weighted by Crippen LogP contribution is 2.27. The van der Waals surface area contributed by atoms with Gasteiger partial charge in [0.2, 0.25) is 0 Å². The molecule has 1 N–H and O–H groups in total. The third-order valence-electron chi connectivity index (χ3n) is 5.17. The first-order valence-electron chi connectivity index (χ1n) is 8.75. The molecule has 4 heterocycles. The molecule has 0 radical (unpaired) electrons. The summed E-state index contributed by atoms with van der Waals surface area (Å²) in [4.78, 5) is 19.7. The Bertz CT molecular complexity index is 952. The topological polar surface area (TPSA) is 88.4 Å². The summed E-state index contributed by atoms with van der Waals surface area (Å²) >= 11 is 0. The Kier molecular flexibility index (Phi) is 4.52. The van der Waals surface area contributed by atoms with Crippen LogP contribution in [0.1, 0.15) is 22.9 Å². The summed E-state index contributed by atoms with van der Waals surface area (Å²) in [5.74, 6) is 0.190. The SMILES string of the molecule is CO[C@@H]1CN(CCc2c(C)nc3ccccn3c2=O)C[C@H]1c1cn[nH]n1. The highest BCUT2D eigenvalue weighted by molar-refractivity contribution is 5.40. The number of methoxy groups -OCH3 is 1. The van der Waals surface area contributed by atoms with Crippen LogP contribution in [0.5, 0.6) is 0 Å². The number of ether oxygens (including phenoxy) is 1. The van der Waals surface area contributed by atoms with Crippen molar-refractivity contribution < 1.29 is 4.74 Å². The largest absolute Gasteiger partial charge is 0.379 e. The molecule has 1 aliphatic rings. The minimum Gasteiger partial charge on any atom is -0.379 e. The number of nitrogens with one attached hydrogen (secondary N) is 1. The summed E-state index contributed by atoms with van der Waals surface area (Å²) in [5.41, 5.74) is 3.20. The van der Waals surface area contributed by atoms with Gasteiger partial charge in [0.1, 0.15) is 5.65 Å². The van der Waals surface area contributed by atoms with E-state index in [-0.39, 0.29) is 17.6 Å². The third kappa shape index (κ3) is 3.02. The first kappa shape index (κ1) is 16.9. The number of nitrogens with zero attached hydrogens (tertiary/aromatic N) is 5. The van der Waals surface area contributed by atoms with Gasteiger partial charge in [-0.3, -0.25) is 14.1 Å². The van der Waals surface area contributed by atoms with E-state index in [9.17, 15) is 4.79 Å². The molecule has 0 spiro atoms. The minimum atomic E-state index is 0.0173. The molecule has 0 aliphatic carbocycles. The molecular formula is C18H22N6O2. The molecule has 4 rings (SSSR count). The maximum atomic E-state index is 12.8. The molecule has 136 valence electrons. The summed E-state index contributed by atoms with van der Waals surface area (Å²) in [7, 11) is 1.73. The van der Waals surface area contributed by atoms with E-state index in [4.69, 9.17) is 4.74 Å². The number of hydrogen-bond donors (Lipinski definition) is 1. The lowest BCUT2D eigenvalue weighted by Crippen LogP contribution is -2.29. The second-order valence-electron chi connectivity index (χ2n) is 6.69. The van der Waals surface area contributed by atoms with Crippen LogP contribution in [0.3, 0.4) is 0 Å². The lowest BCUT2D eigenvalue weighted by atomic mass is 10.0. The van der Waals surface area contributed by atoms with Crippen LogP contribution < -0.4 is 5.56 Å². The number of H-pyrrole nitrogens is 1. The lowest BCUT2D eigenvalue weighted by molar-refractivity contribution is 0.0965. The van der Waals surface area contributed by atoms with E-state index in [2.05, 4.69) is 25.3 Å². The number of fused-ring (bicyclic) bond motifs is 1. The summed E-state index contributed by atoms with van der Waals surface area (Å²) in [6.07, 6.45) is 4.27. The smallest absolute Gasteiger partial charge is 0.261 e. The standard InChI is InChI=1S/C18H22N6O2/c1-12-13(18(25)24-7-4-3-5-17(24)20-12)6-8-23-10-14(16(11-23)26-2)15-9-19-22-21-15/h3-5,7,9,14,16H,6,8,10-11H2,1-2H3,(H,19,21,22)/t14-,16+/m0/s1. The van der Waals surface area contributed by atoms with Crippen molar-refractivity contribution in [3.8, 4) is 0 Å². The Morgan fingerprint density at radius 3 is 3.00 bits per heavy atom. The zero-order valence-corrected chi connectivity index (χ0v) is 14.9. The molecule has 8 heteroatoms. The van der Waals surface area contributed by atoms with Gasteiger partial charge in [-0.25, -0.2) is 4.98 Å². The van der Waals surface area contributed by atoms with Crippen molar-refractivity contribution in [1.82, 2.24) is 29.7 Å². The number of aromatic amines is 1. The quantitative estimate of drug-likeness (QED) is 0.728. The fourth-order valence-electron chi connectivity index (χ4n) is 3.74. The first-order chi connectivity index (χ1) is 12.7. The van der Waals surface area contributed by atoms with Gasteiger partial charge in [-0.1, -0.05) is 6.07 Å². The van der Waals surface area contributed by atoms with E-state index in [0.717, 1.165) is 36.6 Å². The number of aryl methyl sites for hydroxylation is 1. The Labute approximate surface area is 150 Å². The van der Waals surface area contributed by atoms with E-state index < -0.39 is 0 Å². The predicted molar refractivity (Wildman–Crippen MR) is 96.3 cm³/mol. The number of likely N-dealkylation sites (tertiary alicyclic amines) is 1. The van der Waals surface area contributed by atoms with E-state index >= 15 is 0 Å². The second-order valence-corrected chi connectivity index (χ2v) is 6.69. The third-order valence-corrected chi connectivity index (χ3v) is 5.17. The molecular weight excluding hydrogens is 332 g/mol. The van der Waals surface area contributed by atoms with E-state index in [1.165, 1.54) is 0 Å². The molecule has 3 aromatic rings. The van der Waals surface area contributed by atoms with Gasteiger partial charge in [0, 0.05) is 50.1 Å². The Hall–Kier alpha value is -2.58. The summed E-state index contributed by atoms with van der Waals surface area (Å²) in [6.45, 7) is 4.34. The molecule has 8 nitrogen and oxygen atoms in total. The summed E-state index contributed by atoms with van der Waals surface area (Å²) in [6, 6.07) is 5.59. The van der Waals surface area contributed by atoms with Crippen molar-refractivity contribution in [2.75, 3.05) is 26.7 Å². The van der Waals surface area contributed by atoms with Crippen molar-refractivity contribution in [2.45, 2.75) is 25.4 Å². The van der Waals surface area contributed by atoms with Crippen molar-refractivity contribution in [1.29, 1.82) is 0 Å². The molecule has 0 amide bonds. The van der Waals surface area contributed by atoms with Gasteiger partial charge in [-0.15, -0.1) is 0 Å². The van der Waals surface area contributed by atoms with Gasteiger partial charge in [-0.05, 0) is 25.5 Å². The van der Waals surface area contributed by atoms with Crippen LogP contribution in [0.15, 0.2) is 35.4 Å². The average Bonchev–Trinajstić information content (AvgIpc) is 3.30. The monoisotopic (exact) mass is 354 g/mol. The molecule has 0 unspecified atom stereocenters. The first-order valence-corrected chi connectivity index (χ1v) is 8.75. The van der Waals surface area contributed by atoms with Crippen LogP contribution in [0.25, 0.3) is 5.65 Å². The van der Waals surface area contributed by atoms with Gasteiger partial charge in [0.15, 0.2) is 0 Å². The Balaban J connectivity index is 1.51. The zero-order valence-electron chi connectivity index (χ0n) is 14.9. The number of pyridine rings is 1. The van der Waals surface area contributed by atoms with Crippen LogP contribution in [-0.2, 0) is 11.2 Å². The van der Waals surface area contributed by atoms with Crippen molar-refractivity contribution in [3.05, 3.63) is 57.9 Å². The summed E-state index contributed by atoms with van der Waals surface area (Å²) < 4.78 is 7.25. The van der Waals surface area contributed by atoms with Crippen molar-refractivity contribution >= 4 is 5.65 Å². The van der Waals surface area contributed by atoms with E-state index in [1.54, 1.807) is 23.9 Å². The highest BCUT2D eigenvalue weighted by atomic mass is 16.5. The van der Waals surface area contributed by atoms with Crippen LogP contribution in [0.2, 0.25) is 0 Å².